The minimum absolute atomic E-state index is 0.0964. The fourth-order valence-electron chi connectivity index (χ4n) is 3.30. The van der Waals surface area contributed by atoms with E-state index in [0.29, 0.717) is 49.1 Å². The SMILES string of the molecule is COc1ccc(-n2cc(C(=O)N3CCN(c4ncccn4)CC3)ccc2=O)cc1. The zero-order valence-corrected chi connectivity index (χ0v) is 16.1. The van der Waals surface area contributed by atoms with Crippen LogP contribution < -0.4 is 15.2 Å². The standard InChI is InChI=1S/C21H21N5O3/c1-29-18-6-4-17(5-7-18)26-15-16(3-8-19(26)27)20(28)24-11-13-25(14-12-24)21-22-9-2-10-23-21/h2-10,15H,11-14H2,1H3. The van der Waals surface area contributed by atoms with E-state index < -0.39 is 0 Å². The van der Waals surface area contributed by atoms with Gasteiger partial charge in [-0.25, -0.2) is 9.97 Å². The zero-order valence-electron chi connectivity index (χ0n) is 16.1. The van der Waals surface area contributed by atoms with Crippen LogP contribution in [0.25, 0.3) is 5.69 Å². The molecule has 1 fully saturated rings. The third kappa shape index (κ3) is 3.96. The lowest BCUT2D eigenvalue weighted by atomic mass is 10.2. The van der Waals surface area contributed by atoms with E-state index in [1.807, 2.05) is 0 Å². The average Bonchev–Trinajstić information content (AvgIpc) is 2.80. The summed E-state index contributed by atoms with van der Waals surface area (Å²) in [4.78, 5) is 37.7. The van der Waals surface area contributed by atoms with Crippen molar-refractivity contribution in [3.63, 3.8) is 0 Å². The number of nitrogens with zero attached hydrogens (tertiary/aromatic N) is 5. The number of carbonyl (C=O) groups is 1. The maximum Gasteiger partial charge on any atom is 0.255 e. The fourth-order valence-corrected chi connectivity index (χ4v) is 3.30. The first-order valence-corrected chi connectivity index (χ1v) is 9.34. The number of hydrogen-bond acceptors (Lipinski definition) is 6. The van der Waals surface area contributed by atoms with Crippen molar-refractivity contribution < 1.29 is 9.53 Å². The maximum absolute atomic E-state index is 13.0. The number of piperazine rings is 1. The first-order chi connectivity index (χ1) is 14.2. The van der Waals surface area contributed by atoms with Gasteiger partial charge in [-0.2, -0.15) is 0 Å². The summed E-state index contributed by atoms with van der Waals surface area (Å²) in [6.45, 7) is 2.46. The molecule has 0 unspecified atom stereocenters. The van der Waals surface area contributed by atoms with Crippen LogP contribution in [0.15, 0.2) is 65.8 Å². The quantitative estimate of drug-likeness (QED) is 0.672. The van der Waals surface area contributed by atoms with Crippen LogP contribution in [0.4, 0.5) is 5.95 Å². The molecule has 0 aliphatic carbocycles. The number of ether oxygens (including phenoxy) is 1. The summed E-state index contributed by atoms with van der Waals surface area (Å²) in [6, 6.07) is 11.9. The number of rotatable bonds is 4. The Balaban J connectivity index is 1.50. The fraction of sp³-hybridized carbons (Fsp3) is 0.238. The molecular formula is C21H21N5O3. The first-order valence-electron chi connectivity index (χ1n) is 9.34. The van der Waals surface area contributed by atoms with E-state index in [1.165, 1.54) is 10.6 Å². The zero-order chi connectivity index (χ0) is 20.2. The molecule has 1 aliphatic rings. The van der Waals surface area contributed by atoms with Crippen LogP contribution in [0.1, 0.15) is 10.4 Å². The van der Waals surface area contributed by atoms with Gasteiger partial charge in [-0.3, -0.25) is 14.2 Å². The van der Waals surface area contributed by atoms with Gasteiger partial charge in [-0.05, 0) is 36.4 Å². The minimum Gasteiger partial charge on any atom is -0.497 e. The van der Waals surface area contributed by atoms with Gasteiger partial charge in [0.1, 0.15) is 5.75 Å². The van der Waals surface area contributed by atoms with Gasteiger partial charge >= 0.3 is 0 Å². The van der Waals surface area contributed by atoms with Gasteiger partial charge in [0.05, 0.1) is 12.7 Å². The molecule has 0 saturated carbocycles. The number of aromatic nitrogens is 3. The normalized spacial score (nSPS) is 14.0. The lowest BCUT2D eigenvalue weighted by Gasteiger charge is -2.34. The summed E-state index contributed by atoms with van der Waals surface area (Å²) in [5.41, 5.74) is 0.957. The van der Waals surface area contributed by atoms with E-state index in [2.05, 4.69) is 14.9 Å². The number of methoxy groups -OCH3 is 1. The topological polar surface area (TPSA) is 80.6 Å². The molecule has 8 nitrogen and oxygen atoms in total. The van der Waals surface area contributed by atoms with Crippen molar-refractivity contribution in [1.82, 2.24) is 19.4 Å². The maximum atomic E-state index is 13.0. The van der Waals surface area contributed by atoms with Crippen molar-refractivity contribution in [2.45, 2.75) is 0 Å². The van der Waals surface area contributed by atoms with Gasteiger partial charge in [0.25, 0.3) is 11.5 Å². The molecule has 0 radical (unpaired) electrons. The van der Waals surface area contributed by atoms with Crippen molar-refractivity contribution in [2.24, 2.45) is 0 Å². The average molecular weight is 391 g/mol. The van der Waals surface area contributed by atoms with E-state index in [1.54, 1.807) is 67.0 Å². The summed E-state index contributed by atoms with van der Waals surface area (Å²) in [7, 11) is 1.59. The number of anilines is 1. The Labute approximate surface area is 168 Å². The van der Waals surface area contributed by atoms with Crippen molar-refractivity contribution in [3.05, 3.63) is 77.0 Å². The molecule has 8 heteroatoms. The Morgan fingerprint density at radius 2 is 1.66 bits per heavy atom. The first kappa shape index (κ1) is 18.7. The van der Waals surface area contributed by atoms with Crippen LogP contribution in [0, 0.1) is 0 Å². The Morgan fingerprint density at radius 1 is 0.966 bits per heavy atom. The number of pyridine rings is 1. The van der Waals surface area contributed by atoms with Crippen LogP contribution in [0.5, 0.6) is 5.75 Å². The van der Waals surface area contributed by atoms with Crippen LogP contribution in [0.2, 0.25) is 0 Å². The lowest BCUT2D eigenvalue weighted by molar-refractivity contribution is 0.0745. The molecule has 1 amide bonds. The monoisotopic (exact) mass is 391 g/mol. The van der Waals surface area contributed by atoms with Crippen LogP contribution in [0.3, 0.4) is 0 Å². The van der Waals surface area contributed by atoms with Gasteiger partial charge in [-0.1, -0.05) is 0 Å². The van der Waals surface area contributed by atoms with Crippen LogP contribution in [-0.2, 0) is 0 Å². The minimum atomic E-state index is -0.197. The highest BCUT2D eigenvalue weighted by atomic mass is 16.5. The molecule has 0 bridgehead atoms. The summed E-state index contributed by atoms with van der Waals surface area (Å²) in [5.74, 6) is 1.28. The molecule has 29 heavy (non-hydrogen) atoms. The van der Waals surface area contributed by atoms with Gasteiger partial charge in [-0.15, -0.1) is 0 Å². The molecule has 4 rings (SSSR count). The van der Waals surface area contributed by atoms with Gasteiger partial charge < -0.3 is 14.5 Å². The predicted molar refractivity (Wildman–Crippen MR) is 109 cm³/mol. The number of benzene rings is 1. The molecule has 0 spiro atoms. The third-order valence-electron chi connectivity index (χ3n) is 4.91. The molecule has 3 heterocycles. The van der Waals surface area contributed by atoms with E-state index in [-0.39, 0.29) is 11.5 Å². The predicted octanol–water partition coefficient (Wildman–Crippen LogP) is 1.60. The molecule has 0 N–H and O–H groups in total. The molecule has 1 saturated heterocycles. The molecular weight excluding hydrogens is 370 g/mol. The molecule has 2 aromatic heterocycles. The smallest absolute Gasteiger partial charge is 0.255 e. The van der Waals surface area contributed by atoms with Gasteiger partial charge in [0, 0.05) is 56.5 Å². The van der Waals surface area contributed by atoms with E-state index >= 15 is 0 Å². The van der Waals surface area contributed by atoms with E-state index in [4.69, 9.17) is 4.74 Å². The largest absolute Gasteiger partial charge is 0.497 e. The summed E-state index contributed by atoms with van der Waals surface area (Å²) >= 11 is 0. The lowest BCUT2D eigenvalue weighted by Crippen LogP contribution is -2.49. The Hall–Kier alpha value is -3.68. The Kier molecular flexibility index (Phi) is 5.24. The highest BCUT2D eigenvalue weighted by Gasteiger charge is 2.23. The second-order valence-electron chi connectivity index (χ2n) is 6.65. The summed E-state index contributed by atoms with van der Waals surface area (Å²) in [5, 5.41) is 0. The van der Waals surface area contributed by atoms with E-state index in [9.17, 15) is 9.59 Å². The Bertz CT molecular complexity index is 1040. The second kappa shape index (κ2) is 8.14. The highest BCUT2D eigenvalue weighted by Crippen LogP contribution is 2.16. The van der Waals surface area contributed by atoms with Gasteiger partial charge in [0.2, 0.25) is 5.95 Å². The van der Waals surface area contributed by atoms with Crippen molar-refractivity contribution >= 4 is 11.9 Å². The molecule has 0 atom stereocenters. The van der Waals surface area contributed by atoms with Crippen molar-refractivity contribution in [2.75, 3.05) is 38.2 Å². The van der Waals surface area contributed by atoms with Crippen molar-refractivity contribution in [1.29, 1.82) is 0 Å². The van der Waals surface area contributed by atoms with Crippen LogP contribution in [-0.4, -0.2) is 58.6 Å². The van der Waals surface area contributed by atoms with E-state index in [0.717, 1.165) is 0 Å². The second-order valence-corrected chi connectivity index (χ2v) is 6.65. The summed E-state index contributed by atoms with van der Waals surface area (Å²) < 4.78 is 6.63. The molecule has 1 aromatic carbocycles. The summed E-state index contributed by atoms with van der Waals surface area (Å²) in [6.07, 6.45) is 5.02. The number of carbonyl (C=O) groups excluding carboxylic acids is 1. The van der Waals surface area contributed by atoms with Gasteiger partial charge in [0.15, 0.2) is 0 Å². The Morgan fingerprint density at radius 3 is 2.31 bits per heavy atom. The number of hydrogen-bond donors (Lipinski definition) is 0. The van der Waals surface area contributed by atoms with Crippen molar-refractivity contribution in [3.8, 4) is 11.4 Å². The van der Waals surface area contributed by atoms with Crippen LogP contribution >= 0.6 is 0 Å². The third-order valence-corrected chi connectivity index (χ3v) is 4.91. The molecule has 1 aliphatic heterocycles. The molecule has 148 valence electrons. The highest BCUT2D eigenvalue weighted by molar-refractivity contribution is 5.94. The number of amides is 1. The molecule has 3 aromatic rings.